The molecular weight excluding hydrogens is 210 g/mol. The Labute approximate surface area is 95.9 Å². The minimum atomic E-state index is -0.859. The lowest BCUT2D eigenvalue weighted by Gasteiger charge is -2.37. The molecular formula is C11H21NO4. The molecule has 16 heavy (non-hydrogen) atoms. The van der Waals surface area contributed by atoms with Crippen LogP contribution < -0.4 is 5.73 Å². The second-order valence-corrected chi connectivity index (χ2v) is 4.37. The van der Waals surface area contributed by atoms with E-state index in [9.17, 15) is 4.79 Å². The normalized spacial score (nSPS) is 32.3. The Morgan fingerprint density at radius 1 is 1.44 bits per heavy atom. The van der Waals surface area contributed by atoms with Crippen molar-refractivity contribution < 1.29 is 19.4 Å². The van der Waals surface area contributed by atoms with Crippen molar-refractivity contribution >= 4 is 5.97 Å². The van der Waals surface area contributed by atoms with Gasteiger partial charge < -0.3 is 20.3 Å². The van der Waals surface area contributed by atoms with Gasteiger partial charge in [-0.05, 0) is 19.3 Å². The third kappa shape index (κ3) is 3.43. The summed E-state index contributed by atoms with van der Waals surface area (Å²) in [6.45, 7) is 0. The van der Waals surface area contributed by atoms with E-state index >= 15 is 0 Å². The van der Waals surface area contributed by atoms with Crippen molar-refractivity contribution in [1.82, 2.24) is 0 Å². The van der Waals surface area contributed by atoms with Gasteiger partial charge >= 0.3 is 5.97 Å². The van der Waals surface area contributed by atoms with Gasteiger partial charge in [0.15, 0.2) is 0 Å². The van der Waals surface area contributed by atoms with Crippen molar-refractivity contribution in [1.29, 1.82) is 0 Å². The molecule has 1 aliphatic carbocycles. The molecule has 0 aromatic heterocycles. The van der Waals surface area contributed by atoms with Crippen LogP contribution in [0.4, 0.5) is 0 Å². The maximum atomic E-state index is 10.6. The van der Waals surface area contributed by atoms with E-state index in [0.29, 0.717) is 0 Å². The molecule has 0 saturated heterocycles. The Morgan fingerprint density at radius 2 is 2.12 bits per heavy atom. The number of ether oxygens (including phenoxy) is 2. The summed E-state index contributed by atoms with van der Waals surface area (Å²) in [4.78, 5) is 10.6. The number of hydrogen-bond donors (Lipinski definition) is 2. The van der Waals surface area contributed by atoms with Crippen LogP contribution in [0.25, 0.3) is 0 Å². The van der Waals surface area contributed by atoms with Crippen molar-refractivity contribution in [3.05, 3.63) is 0 Å². The molecule has 4 atom stereocenters. The number of hydrogen-bond acceptors (Lipinski definition) is 4. The molecule has 0 aromatic carbocycles. The lowest BCUT2D eigenvalue weighted by Crippen LogP contribution is -2.45. The van der Waals surface area contributed by atoms with Crippen molar-refractivity contribution in [2.75, 3.05) is 14.2 Å². The molecule has 0 aromatic rings. The van der Waals surface area contributed by atoms with E-state index < -0.39 is 5.97 Å². The average molecular weight is 231 g/mol. The van der Waals surface area contributed by atoms with Gasteiger partial charge in [0.05, 0.1) is 18.6 Å². The van der Waals surface area contributed by atoms with E-state index in [2.05, 4.69) is 0 Å². The van der Waals surface area contributed by atoms with Crippen molar-refractivity contribution in [3.8, 4) is 0 Å². The van der Waals surface area contributed by atoms with Gasteiger partial charge in [0.2, 0.25) is 0 Å². The maximum absolute atomic E-state index is 10.6. The van der Waals surface area contributed by atoms with Gasteiger partial charge in [-0.1, -0.05) is 0 Å². The highest BCUT2D eigenvalue weighted by molar-refractivity contribution is 5.67. The van der Waals surface area contributed by atoms with Crippen molar-refractivity contribution in [2.24, 2.45) is 11.7 Å². The monoisotopic (exact) mass is 231 g/mol. The fourth-order valence-electron chi connectivity index (χ4n) is 2.45. The third-order valence-electron chi connectivity index (χ3n) is 3.38. The van der Waals surface area contributed by atoms with E-state index in [1.807, 2.05) is 0 Å². The molecule has 4 unspecified atom stereocenters. The zero-order valence-electron chi connectivity index (χ0n) is 9.89. The fourth-order valence-corrected chi connectivity index (χ4v) is 2.45. The van der Waals surface area contributed by atoms with Crippen LogP contribution in [0.15, 0.2) is 0 Å². The molecule has 1 rings (SSSR count). The lowest BCUT2D eigenvalue weighted by molar-refractivity contribution is -0.138. The zero-order chi connectivity index (χ0) is 12.1. The van der Waals surface area contributed by atoms with Gasteiger partial charge in [0.25, 0.3) is 0 Å². The summed E-state index contributed by atoms with van der Waals surface area (Å²) < 4.78 is 10.7. The maximum Gasteiger partial charge on any atom is 0.304 e. The predicted molar refractivity (Wildman–Crippen MR) is 59.2 cm³/mol. The standard InChI is InChI=1S/C11H21NO4/c1-15-7-3-4-10(16-2)8(5-7)9(12)6-11(13)14/h7-10H,3-6,12H2,1-2H3,(H,13,14). The van der Waals surface area contributed by atoms with E-state index in [0.717, 1.165) is 19.3 Å². The largest absolute Gasteiger partial charge is 0.481 e. The second-order valence-electron chi connectivity index (χ2n) is 4.37. The molecule has 0 spiro atoms. The molecule has 1 saturated carbocycles. The van der Waals surface area contributed by atoms with Crippen LogP contribution >= 0.6 is 0 Å². The molecule has 0 heterocycles. The van der Waals surface area contributed by atoms with Crippen LogP contribution in [0.1, 0.15) is 25.7 Å². The topological polar surface area (TPSA) is 81.8 Å². The van der Waals surface area contributed by atoms with E-state index in [-0.39, 0.29) is 30.6 Å². The van der Waals surface area contributed by atoms with Crippen LogP contribution in [0.5, 0.6) is 0 Å². The lowest BCUT2D eigenvalue weighted by atomic mass is 9.79. The molecule has 1 fully saturated rings. The van der Waals surface area contributed by atoms with Crippen molar-refractivity contribution in [3.63, 3.8) is 0 Å². The highest BCUT2D eigenvalue weighted by Crippen LogP contribution is 2.31. The van der Waals surface area contributed by atoms with E-state index in [1.165, 1.54) is 0 Å². The smallest absolute Gasteiger partial charge is 0.304 e. The molecule has 1 aliphatic rings. The molecule has 0 aliphatic heterocycles. The summed E-state index contributed by atoms with van der Waals surface area (Å²) >= 11 is 0. The Balaban J connectivity index is 2.59. The second kappa shape index (κ2) is 6.18. The Kier molecular flexibility index (Phi) is 5.18. The quantitative estimate of drug-likeness (QED) is 0.724. The molecule has 94 valence electrons. The number of nitrogens with two attached hydrogens (primary N) is 1. The highest BCUT2D eigenvalue weighted by atomic mass is 16.5. The number of rotatable bonds is 5. The van der Waals surface area contributed by atoms with Crippen molar-refractivity contribution in [2.45, 2.75) is 43.9 Å². The Morgan fingerprint density at radius 3 is 2.62 bits per heavy atom. The summed E-state index contributed by atoms with van der Waals surface area (Å²) in [7, 11) is 3.33. The first-order valence-electron chi connectivity index (χ1n) is 5.61. The van der Waals surface area contributed by atoms with Crippen LogP contribution in [0.3, 0.4) is 0 Å². The molecule has 0 amide bonds. The first kappa shape index (κ1) is 13.4. The number of methoxy groups -OCH3 is 2. The van der Waals surface area contributed by atoms with Crippen LogP contribution in [0, 0.1) is 5.92 Å². The summed E-state index contributed by atoms with van der Waals surface area (Å²) in [5.74, 6) is -0.790. The molecule has 5 nitrogen and oxygen atoms in total. The molecule has 0 radical (unpaired) electrons. The first-order chi connectivity index (χ1) is 7.58. The van der Waals surface area contributed by atoms with Gasteiger partial charge in [-0.15, -0.1) is 0 Å². The van der Waals surface area contributed by atoms with Crippen LogP contribution in [-0.4, -0.2) is 43.5 Å². The third-order valence-corrected chi connectivity index (χ3v) is 3.38. The zero-order valence-corrected chi connectivity index (χ0v) is 9.89. The summed E-state index contributed by atoms with van der Waals surface area (Å²) in [5.41, 5.74) is 5.92. The number of aliphatic carboxylic acids is 1. The van der Waals surface area contributed by atoms with Gasteiger partial charge in [-0.3, -0.25) is 4.79 Å². The Hall–Kier alpha value is -0.650. The average Bonchev–Trinajstić information content (AvgIpc) is 2.27. The van der Waals surface area contributed by atoms with Gasteiger partial charge in [0, 0.05) is 26.2 Å². The molecule has 5 heteroatoms. The van der Waals surface area contributed by atoms with E-state index in [4.69, 9.17) is 20.3 Å². The SMILES string of the molecule is COC1CCC(OC)C(C(N)CC(=O)O)C1. The van der Waals surface area contributed by atoms with Crippen LogP contribution in [-0.2, 0) is 14.3 Å². The Bertz CT molecular complexity index is 234. The summed E-state index contributed by atoms with van der Waals surface area (Å²) in [6, 6.07) is -0.361. The number of carboxylic acids is 1. The number of carbonyl (C=O) groups is 1. The van der Waals surface area contributed by atoms with Gasteiger partial charge in [-0.25, -0.2) is 0 Å². The minimum absolute atomic E-state index is 0.0129. The molecule has 3 N–H and O–H groups in total. The first-order valence-corrected chi connectivity index (χ1v) is 5.61. The van der Waals surface area contributed by atoms with E-state index in [1.54, 1.807) is 14.2 Å². The van der Waals surface area contributed by atoms with Crippen LogP contribution in [0.2, 0.25) is 0 Å². The highest BCUT2D eigenvalue weighted by Gasteiger charge is 2.35. The summed E-state index contributed by atoms with van der Waals surface area (Å²) in [5, 5.41) is 8.74. The minimum Gasteiger partial charge on any atom is -0.481 e. The molecule has 0 bridgehead atoms. The van der Waals surface area contributed by atoms with Gasteiger partial charge in [-0.2, -0.15) is 0 Å². The summed E-state index contributed by atoms with van der Waals surface area (Å²) in [6.07, 6.45) is 2.83. The predicted octanol–water partition coefficient (Wildman–Crippen LogP) is 0.619. The van der Waals surface area contributed by atoms with Gasteiger partial charge in [0.1, 0.15) is 0 Å². The number of carboxylic acid groups (broad SMARTS) is 1. The fraction of sp³-hybridized carbons (Fsp3) is 0.909.